The van der Waals surface area contributed by atoms with Crippen molar-refractivity contribution in [3.05, 3.63) is 29.8 Å². The molecule has 1 aromatic carbocycles. The van der Waals surface area contributed by atoms with E-state index in [-0.39, 0.29) is 0 Å². The first kappa shape index (κ1) is 18.1. The summed E-state index contributed by atoms with van der Waals surface area (Å²) in [6.45, 7) is 9.32. The number of rotatable bonds is 10. The average Bonchev–Trinajstić information content (AvgIpc) is 2.47. The second-order valence-electron chi connectivity index (χ2n) is 6.46. The van der Waals surface area contributed by atoms with Gasteiger partial charge in [-0.15, -0.1) is 0 Å². The molecule has 0 N–H and O–H groups in total. The summed E-state index contributed by atoms with van der Waals surface area (Å²) in [5, 5.41) is 0. The van der Waals surface area contributed by atoms with Crippen molar-refractivity contribution in [2.45, 2.75) is 79.5 Å². The average molecular weight is 381 g/mol. The summed E-state index contributed by atoms with van der Waals surface area (Å²) in [6.07, 6.45) is 8.46. The number of hydrogen-bond donors (Lipinski definition) is 0. The Bertz CT molecular complexity index is 348. The molecule has 0 radical (unpaired) electrons. The third-order valence-corrected chi connectivity index (χ3v) is 20.3. The van der Waals surface area contributed by atoms with Crippen molar-refractivity contribution >= 4 is 22.0 Å². The summed E-state index contributed by atoms with van der Waals surface area (Å²) >= 11 is -2.14. The SMILES string of the molecule is CCC[CH2][Sn]([CH2]CCC)([CH2]CCC)[c]1cccc(C)c1. The first-order valence-corrected chi connectivity index (χ1v) is 16.2. The van der Waals surface area contributed by atoms with Crippen molar-refractivity contribution in [3.8, 4) is 0 Å². The normalized spacial score (nSPS) is 11.8. The molecule has 0 bridgehead atoms. The third kappa shape index (κ3) is 5.42. The van der Waals surface area contributed by atoms with Gasteiger partial charge in [0, 0.05) is 0 Å². The summed E-state index contributed by atoms with van der Waals surface area (Å²) < 4.78 is 6.55. The van der Waals surface area contributed by atoms with E-state index in [4.69, 9.17) is 0 Å². The Kier molecular flexibility index (Phi) is 8.91. The zero-order valence-corrected chi connectivity index (χ0v) is 17.0. The molecule has 0 heterocycles. The molecule has 0 nitrogen and oxygen atoms in total. The van der Waals surface area contributed by atoms with Crippen LogP contribution >= 0.6 is 0 Å². The van der Waals surface area contributed by atoms with Crippen molar-refractivity contribution < 1.29 is 0 Å². The molecule has 0 amide bonds. The van der Waals surface area contributed by atoms with E-state index in [1.54, 1.807) is 13.3 Å². The molecule has 1 rings (SSSR count). The molecule has 1 heteroatoms. The number of hydrogen-bond acceptors (Lipinski definition) is 0. The van der Waals surface area contributed by atoms with E-state index in [1.807, 2.05) is 3.58 Å². The van der Waals surface area contributed by atoms with Crippen LogP contribution in [0.5, 0.6) is 0 Å². The van der Waals surface area contributed by atoms with E-state index in [2.05, 4.69) is 52.0 Å². The molecule has 0 atom stereocenters. The molecular weight excluding hydrogens is 347 g/mol. The van der Waals surface area contributed by atoms with Gasteiger partial charge in [-0.3, -0.25) is 0 Å². The van der Waals surface area contributed by atoms with Gasteiger partial charge in [-0.25, -0.2) is 0 Å². The van der Waals surface area contributed by atoms with Crippen LogP contribution < -0.4 is 3.58 Å². The van der Waals surface area contributed by atoms with Gasteiger partial charge in [-0.2, -0.15) is 0 Å². The van der Waals surface area contributed by atoms with E-state index in [1.165, 1.54) is 44.1 Å². The third-order valence-electron chi connectivity index (χ3n) is 4.66. The molecule has 0 fully saturated rings. The Labute approximate surface area is 131 Å². The van der Waals surface area contributed by atoms with Crippen LogP contribution in [0.15, 0.2) is 24.3 Å². The summed E-state index contributed by atoms with van der Waals surface area (Å²) in [5.74, 6) is 0. The summed E-state index contributed by atoms with van der Waals surface area (Å²) in [4.78, 5) is 0. The van der Waals surface area contributed by atoms with Crippen LogP contribution in [-0.2, 0) is 0 Å². The number of aryl methyl sites for hydroxylation is 1. The predicted octanol–water partition coefficient (Wildman–Crippen LogP) is 6.05. The molecule has 20 heavy (non-hydrogen) atoms. The fourth-order valence-corrected chi connectivity index (χ4v) is 19.6. The van der Waals surface area contributed by atoms with Crippen LogP contribution in [0, 0.1) is 6.92 Å². The van der Waals surface area contributed by atoms with Crippen molar-refractivity contribution in [2.24, 2.45) is 0 Å². The fraction of sp³-hybridized carbons (Fsp3) is 0.684. The van der Waals surface area contributed by atoms with Gasteiger partial charge < -0.3 is 0 Å². The van der Waals surface area contributed by atoms with Gasteiger partial charge >= 0.3 is 131 Å². The molecule has 0 aliphatic rings. The van der Waals surface area contributed by atoms with Gasteiger partial charge in [-0.1, -0.05) is 0 Å². The van der Waals surface area contributed by atoms with Crippen LogP contribution in [0.25, 0.3) is 0 Å². The van der Waals surface area contributed by atoms with E-state index < -0.39 is 18.4 Å². The standard InChI is InChI=1S/C7H7.3C4H9.Sn/c1-7-5-3-2-4-6-7;3*1-3-4-2;/h2-3,5-6H,1H3;3*1,3-4H2,2H3;. The zero-order valence-electron chi connectivity index (χ0n) is 14.2. The van der Waals surface area contributed by atoms with E-state index in [9.17, 15) is 0 Å². The van der Waals surface area contributed by atoms with E-state index in [0.717, 1.165) is 0 Å². The molecular formula is C19H34Sn. The minimum atomic E-state index is -2.14. The van der Waals surface area contributed by atoms with Crippen molar-refractivity contribution in [1.29, 1.82) is 0 Å². The van der Waals surface area contributed by atoms with Gasteiger partial charge in [0.1, 0.15) is 0 Å². The minimum absolute atomic E-state index is 1.36. The maximum absolute atomic E-state index is 2.54. The van der Waals surface area contributed by atoms with Gasteiger partial charge in [0.15, 0.2) is 0 Å². The van der Waals surface area contributed by atoms with Crippen LogP contribution in [0.4, 0.5) is 0 Å². The molecule has 0 spiro atoms. The van der Waals surface area contributed by atoms with Gasteiger partial charge in [-0.05, 0) is 0 Å². The van der Waals surface area contributed by atoms with Gasteiger partial charge in [0.25, 0.3) is 0 Å². The van der Waals surface area contributed by atoms with Crippen molar-refractivity contribution in [1.82, 2.24) is 0 Å². The van der Waals surface area contributed by atoms with E-state index in [0.29, 0.717) is 0 Å². The Morgan fingerprint density at radius 3 is 1.70 bits per heavy atom. The van der Waals surface area contributed by atoms with Crippen molar-refractivity contribution in [3.63, 3.8) is 0 Å². The van der Waals surface area contributed by atoms with Gasteiger partial charge in [0.2, 0.25) is 0 Å². The van der Waals surface area contributed by atoms with Crippen LogP contribution in [0.2, 0.25) is 13.3 Å². The Hall–Kier alpha value is 0.0187. The molecule has 0 aliphatic heterocycles. The van der Waals surface area contributed by atoms with Crippen molar-refractivity contribution in [2.75, 3.05) is 0 Å². The van der Waals surface area contributed by atoms with Gasteiger partial charge in [0.05, 0.1) is 0 Å². The maximum atomic E-state index is 2.54. The molecule has 0 aliphatic carbocycles. The summed E-state index contributed by atoms with van der Waals surface area (Å²) in [7, 11) is 0. The predicted molar refractivity (Wildman–Crippen MR) is 95.7 cm³/mol. The quantitative estimate of drug-likeness (QED) is 0.433. The van der Waals surface area contributed by atoms with Crippen LogP contribution in [0.3, 0.4) is 0 Å². The Balaban J connectivity index is 3.04. The topological polar surface area (TPSA) is 0 Å². The summed E-state index contributed by atoms with van der Waals surface area (Å²) in [5.41, 5.74) is 1.47. The molecule has 0 unspecified atom stereocenters. The van der Waals surface area contributed by atoms with Crippen LogP contribution in [-0.4, -0.2) is 18.4 Å². The molecule has 1 aromatic rings. The Morgan fingerprint density at radius 1 is 0.800 bits per heavy atom. The number of unbranched alkanes of at least 4 members (excludes halogenated alkanes) is 3. The first-order valence-electron chi connectivity index (χ1n) is 8.75. The zero-order chi connectivity index (χ0) is 14.8. The Morgan fingerprint density at radius 2 is 1.30 bits per heavy atom. The fourth-order valence-electron chi connectivity index (χ4n) is 3.33. The second kappa shape index (κ2) is 9.87. The molecule has 0 saturated heterocycles. The first-order chi connectivity index (χ1) is 9.68. The number of benzene rings is 1. The van der Waals surface area contributed by atoms with E-state index >= 15 is 0 Å². The molecule has 114 valence electrons. The molecule has 0 aromatic heterocycles. The molecule has 0 saturated carbocycles. The second-order valence-corrected chi connectivity index (χ2v) is 19.7. The summed E-state index contributed by atoms with van der Waals surface area (Å²) in [6, 6.07) is 9.58. The monoisotopic (exact) mass is 382 g/mol. The van der Waals surface area contributed by atoms with Crippen LogP contribution in [0.1, 0.15) is 64.9 Å².